The number of thioether (sulfide) groups is 2. The van der Waals surface area contributed by atoms with Crippen molar-refractivity contribution in [2.75, 3.05) is 16.9 Å². The van der Waals surface area contributed by atoms with Gasteiger partial charge in [-0.05, 0) is 24.3 Å². The molecule has 6 nitrogen and oxygen atoms in total. The molecule has 0 atom stereocenters. The van der Waals surface area contributed by atoms with Gasteiger partial charge in [0, 0.05) is 10.6 Å². The van der Waals surface area contributed by atoms with Gasteiger partial charge in [0.15, 0.2) is 0 Å². The van der Waals surface area contributed by atoms with Gasteiger partial charge in [-0.15, -0.1) is 10.2 Å². The van der Waals surface area contributed by atoms with Crippen LogP contribution in [-0.4, -0.2) is 32.3 Å². The number of benzene rings is 1. The summed E-state index contributed by atoms with van der Waals surface area (Å²) in [6, 6.07) is 6.18. The largest absolute Gasteiger partial charge is 0.336 e. The number of nitrogens with zero attached hydrogens (tertiary/aromatic N) is 3. The number of alkyl halides is 2. The van der Waals surface area contributed by atoms with Gasteiger partial charge in [-0.3, -0.25) is 4.79 Å². The molecular weight excluding hydrogens is 320 g/mol. The van der Waals surface area contributed by atoms with Gasteiger partial charge in [0.05, 0.1) is 5.75 Å². The van der Waals surface area contributed by atoms with Gasteiger partial charge in [-0.1, -0.05) is 23.5 Å². The van der Waals surface area contributed by atoms with E-state index < -0.39 is 5.76 Å². The molecule has 0 bridgehead atoms. The van der Waals surface area contributed by atoms with Crippen molar-refractivity contribution in [3.63, 3.8) is 0 Å². The summed E-state index contributed by atoms with van der Waals surface area (Å²) in [5.74, 6) is 2.91. The van der Waals surface area contributed by atoms with E-state index in [9.17, 15) is 13.6 Å². The van der Waals surface area contributed by atoms with E-state index in [0.29, 0.717) is 27.5 Å². The molecule has 1 aromatic carbocycles. The summed E-state index contributed by atoms with van der Waals surface area (Å²) < 4.78 is 25.5. The maximum absolute atomic E-state index is 12.2. The highest BCUT2D eigenvalue weighted by Crippen LogP contribution is 2.26. The quantitative estimate of drug-likeness (QED) is 0.622. The Labute approximate surface area is 127 Å². The van der Waals surface area contributed by atoms with Gasteiger partial charge in [0.25, 0.3) is 5.76 Å². The lowest BCUT2D eigenvalue weighted by molar-refractivity contribution is -0.113. The molecule has 0 aliphatic carbocycles. The van der Waals surface area contributed by atoms with E-state index >= 15 is 0 Å². The topological polar surface area (TPSA) is 85.8 Å². The van der Waals surface area contributed by atoms with Crippen molar-refractivity contribution in [1.82, 2.24) is 14.9 Å². The number of amides is 1. The number of rotatable bonds is 6. The van der Waals surface area contributed by atoms with Gasteiger partial charge in [-0.2, -0.15) is 8.78 Å². The molecule has 2 aromatic rings. The van der Waals surface area contributed by atoms with Crippen LogP contribution in [0.3, 0.4) is 0 Å². The molecule has 1 aromatic heterocycles. The van der Waals surface area contributed by atoms with E-state index in [1.54, 1.807) is 12.1 Å². The van der Waals surface area contributed by atoms with Gasteiger partial charge in [0.2, 0.25) is 11.1 Å². The molecule has 0 aliphatic heterocycles. The zero-order chi connectivity index (χ0) is 15.2. The zero-order valence-corrected chi connectivity index (χ0v) is 12.2. The molecule has 0 saturated carbocycles. The Morgan fingerprint density at radius 2 is 2.10 bits per heavy atom. The van der Waals surface area contributed by atoms with Crippen LogP contribution in [0.2, 0.25) is 0 Å². The minimum atomic E-state index is -2.46. The maximum Gasteiger partial charge on any atom is 0.288 e. The highest BCUT2D eigenvalue weighted by molar-refractivity contribution is 8.00. The number of hydrogen-bond donors (Lipinski definition) is 2. The van der Waals surface area contributed by atoms with E-state index in [1.807, 2.05) is 0 Å². The Hall–Kier alpha value is -1.81. The molecule has 0 saturated heterocycles. The molecule has 1 amide bonds. The number of nitrogens with one attached hydrogen (secondary N) is 1. The Bertz CT molecular complexity index is 605. The van der Waals surface area contributed by atoms with Crippen molar-refractivity contribution < 1.29 is 13.6 Å². The number of carbonyl (C=O) groups is 1. The van der Waals surface area contributed by atoms with Crippen LogP contribution in [0.5, 0.6) is 0 Å². The Morgan fingerprint density at radius 1 is 1.38 bits per heavy atom. The highest BCUT2D eigenvalue weighted by Gasteiger charge is 2.08. The third kappa shape index (κ3) is 4.90. The molecule has 1 heterocycles. The van der Waals surface area contributed by atoms with Crippen LogP contribution in [0.1, 0.15) is 0 Å². The van der Waals surface area contributed by atoms with Gasteiger partial charge in [-0.25, -0.2) is 4.68 Å². The molecule has 0 aliphatic rings. The van der Waals surface area contributed by atoms with Crippen molar-refractivity contribution in [3.8, 4) is 0 Å². The molecule has 0 unspecified atom stereocenters. The molecule has 112 valence electrons. The second-order valence-corrected chi connectivity index (χ2v) is 5.77. The fourth-order valence-corrected chi connectivity index (χ4v) is 2.51. The average molecular weight is 331 g/mol. The minimum absolute atomic E-state index is 0.115. The molecule has 3 N–H and O–H groups in total. The second kappa shape index (κ2) is 7.27. The van der Waals surface area contributed by atoms with Crippen molar-refractivity contribution in [3.05, 3.63) is 30.6 Å². The fraction of sp³-hybridized carbons (Fsp3) is 0.182. The summed E-state index contributed by atoms with van der Waals surface area (Å²) in [6.07, 6.45) is 1.33. The lowest BCUT2D eigenvalue weighted by atomic mass is 10.3. The first kappa shape index (κ1) is 15.6. The van der Waals surface area contributed by atoms with Crippen molar-refractivity contribution >= 4 is 35.1 Å². The third-order valence-electron chi connectivity index (χ3n) is 2.24. The average Bonchev–Trinajstić information content (AvgIpc) is 2.84. The minimum Gasteiger partial charge on any atom is -0.336 e. The standard InChI is InChI=1S/C11H11F2N5OS2/c12-10(13)21-8-3-1-7(2-4-8)16-9(19)5-20-11-17-15-6-18(11)14/h1-4,6,10H,5,14H2,(H,16,19). The number of anilines is 1. The highest BCUT2D eigenvalue weighted by atomic mass is 32.2. The summed E-state index contributed by atoms with van der Waals surface area (Å²) >= 11 is 1.60. The first-order chi connectivity index (χ1) is 10.0. The summed E-state index contributed by atoms with van der Waals surface area (Å²) in [4.78, 5) is 12.2. The number of halogens is 2. The zero-order valence-electron chi connectivity index (χ0n) is 10.6. The molecule has 2 rings (SSSR count). The number of aromatic nitrogens is 3. The SMILES string of the molecule is Nn1cnnc1SCC(=O)Nc1ccc(SC(F)F)cc1. The fourth-order valence-electron chi connectivity index (χ4n) is 1.38. The van der Waals surface area contributed by atoms with Crippen molar-refractivity contribution in [1.29, 1.82) is 0 Å². The third-order valence-corrected chi connectivity index (χ3v) is 3.92. The van der Waals surface area contributed by atoms with E-state index in [1.165, 1.54) is 23.1 Å². The second-order valence-electron chi connectivity index (χ2n) is 3.76. The van der Waals surface area contributed by atoms with Gasteiger partial charge in [0.1, 0.15) is 6.33 Å². The van der Waals surface area contributed by atoms with Crippen LogP contribution < -0.4 is 11.2 Å². The normalized spacial score (nSPS) is 10.8. The number of nitrogen functional groups attached to an aromatic ring is 1. The smallest absolute Gasteiger partial charge is 0.288 e. The number of nitrogens with two attached hydrogens (primary N) is 1. The first-order valence-electron chi connectivity index (χ1n) is 5.67. The van der Waals surface area contributed by atoms with Crippen LogP contribution in [0.4, 0.5) is 14.5 Å². The van der Waals surface area contributed by atoms with E-state index in [0.717, 1.165) is 11.8 Å². The lowest BCUT2D eigenvalue weighted by Crippen LogP contribution is -2.15. The van der Waals surface area contributed by atoms with Crippen LogP contribution in [0.15, 0.2) is 40.6 Å². The maximum atomic E-state index is 12.2. The van der Waals surface area contributed by atoms with Gasteiger partial charge >= 0.3 is 0 Å². The van der Waals surface area contributed by atoms with Gasteiger partial charge < -0.3 is 11.2 Å². The Morgan fingerprint density at radius 3 is 2.67 bits per heavy atom. The van der Waals surface area contributed by atoms with E-state index in [-0.39, 0.29) is 11.7 Å². The first-order valence-corrected chi connectivity index (χ1v) is 7.54. The van der Waals surface area contributed by atoms with Crippen LogP contribution in [0.25, 0.3) is 0 Å². The molecule has 0 spiro atoms. The van der Waals surface area contributed by atoms with Crippen molar-refractivity contribution in [2.24, 2.45) is 0 Å². The van der Waals surface area contributed by atoms with E-state index in [2.05, 4.69) is 15.5 Å². The predicted octanol–water partition coefficient (Wildman–Crippen LogP) is 2.04. The molecule has 0 fully saturated rings. The van der Waals surface area contributed by atoms with Crippen LogP contribution in [-0.2, 0) is 4.79 Å². The molecule has 21 heavy (non-hydrogen) atoms. The summed E-state index contributed by atoms with van der Waals surface area (Å²) in [6.45, 7) is 0. The van der Waals surface area contributed by atoms with Crippen molar-refractivity contribution in [2.45, 2.75) is 15.8 Å². The molecule has 0 radical (unpaired) electrons. The number of hydrogen-bond acceptors (Lipinski definition) is 6. The molecular formula is C11H11F2N5OS2. The summed E-state index contributed by atoms with van der Waals surface area (Å²) in [7, 11) is 0. The monoisotopic (exact) mass is 331 g/mol. The van der Waals surface area contributed by atoms with Crippen LogP contribution >= 0.6 is 23.5 Å². The summed E-state index contributed by atoms with van der Waals surface area (Å²) in [5.41, 5.74) is 0.536. The molecule has 10 heteroatoms. The lowest BCUT2D eigenvalue weighted by Gasteiger charge is -2.06. The Kier molecular flexibility index (Phi) is 5.39. The van der Waals surface area contributed by atoms with E-state index in [4.69, 9.17) is 5.84 Å². The van der Waals surface area contributed by atoms with Crippen LogP contribution in [0, 0.1) is 0 Å². The summed E-state index contributed by atoms with van der Waals surface area (Å²) in [5, 5.41) is 10.4. The predicted molar refractivity (Wildman–Crippen MR) is 77.8 cm³/mol. The Balaban J connectivity index is 1.83. The number of carbonyl (C=O) groups excluding carboxylic acids is 1.